The average molecular weight is 379 g/mol. The molecule has 1 aliphatic rings. The van der Waals surface area contributed by atoms with E-state index in [2.05, 4.69) is 35.9 Å². The van der Waals surface area contributed by atoms with Gasteiger partial charge in [-0.1, -0.05) is 44.2 Å². The van der Waals surface area contributed by atoms with E-state index >= 15 is 0 Å². The summed E-state index contributed by atoms with van der Waals surface area (Å²) in [6, 6.07) is 15.5. The molecule has 6 heteroatoms. The summed E-state index contributed by atoms with van der Waals surface area (Å²) in [5.74, 6) is 0.399. The van der Waals surface area contributed by atoms with Crippen molar-refractivity contribution in [3.63, 3.8) is 0 Å². The number of rotatable bonds is 5. The van der Waals surface area contributed by atoms with Crippen molar-refractivity contribution in [2.45, 2.75) is 38.6 Å². The van der Waals surface area contributed by atoms with Crippen molar-refractivity contribution in [3.05, 3.63) is 74.4 Å². The number of nitro groups is 1. The molecule has 0 bridgehead atoms. The maximum absolute atomic E-state index is 11.1. The van der Waals surface area contributed by atoms with Gasteiger partial charge in [0.1, 0.15) is 0 Å². The molecule has 0 aliphatic heterocycles. The van der Waals surface area contributed by atoms with Crippen molar-refractivity contribution in [2.24, 2.45) is 4.99 Å². The minimum absolute atomic E-state index is 0.115. The van der Waals surface area contributed by atoms with Crippen molar-refractivity contribution < 1.29 is 4.92 Å². The smallest absolute Gasteiger partial charge is 0.270 e. The van der Waals surface area contributed by atoms with Gasteiger partial charge in [0.05, 0.1) is 16.3 Å². The van der Waals surface area contributed by atoms with Crippen LogP contribution in [-0.4, -0.2) is 9.49 Å². The summed E-state index contributed by atoms with van der Waals surface area (Å²) in [5.41, 5.74) is 4.21. The van der Waals surface area contributed by atoms with E-state index in [4.69, 9.17) is 4.99 Å². The number of benzene rings is 2. The van der Waals surface area contributed by atoms with Gasteiger partial charge in [0.25, 0.3) is 5.69 Å². The standard InChI is InChI=1S/C21H21N3O2S/c1-14(2)18-8-3-4-9-19(18)22-21-23(16-10-11-16)20(13-27-21)15-6-5-7-17(12-15)24(25)26/h3-9,12-14,16H,10-11H2,1-2H3. The lowest BCUT2D eigenvalue weighted by atomic mass is 10.0. The Morgan fingerprint density at radius 3 is 2.67 bits per heavy atom. The van der Waals surface area contributed by atoms with Crippen LogP contribution < -0.4 is 4.80 Å². The molecular weight excluding hydrogens is 358 g/mol. The lowest BCUT2D eigenvalue weighted by Gasteiger charge is -2.10. The van der Waals surface area contributed by atoms with Gasteiger partial charge in [0, 0.05) is 29.1 Å². The van der Waals surface area contributed by atoms with Crippen LogP contribution in [0.2, 0.25) is 0 Å². The number of nitrogens with zero attached hydrogens (tertiary/aromatic N) is 3. The van der Waals surface area contributed by atoms with E-state index < -0.39 is 0 Å². The lowest BCUT2D eigenvalue weighted by Crippen LogP contribution is -2.14. The molecule has 1 aliphatic carbocycles. The Morgan fingerprint density at radius 2 is 1.96 bits per heavy atom. The third kappa shape index (κ3) is 3.57. The van der Waals surface area contributed by atoms with Gasteiger partial charge in [-0.15, -0.1) is 11.3 Å². The van der Waals surface area contributed by atoms with Gasteiger partial charge in [-0.2, -0.15) is 0 Å². The normalized spacial score (nSPS) is 14.7. The van der Waals surface area contributed by atoms with E-state index in [1.54, 1.807) is 23.5 Å². The van der Waals surface area contributed by atoms with Crippen LogP contribution in [0.5, 0.6) is 0 Å². The van der Waals surface area contributed by atoms with Gasteiger partial charge in [-0.05, 0) is 30.4 Å². The highest BCUT2D eigenvalue weighted by molar-refractivity contribution is 7.07. The maximum Gasteiger partial charge on any atom is 0.270 e. The SMILES string of the molecule is CC(C)c1ccccc1N=c1scc(-c2cccc([N+](=O)[O-])c2)n1C1CC1. The monoisotopic (exact) mass is 379 g/mol. The third-order valence-corrected chi connectivity index (χ3v) is 5.62. The molecule has 0 unspecified atom stereocenters. The molecule has 0 saturated heterocycles. The summed E-state index contributed by atoms with van der Waals surface area (Å²) in [7, 11) is 0. The number of para-hydroxylation sites is 1. The Morgan fingerprint density at radius 1 is 1.19 bits per heavy atom. The zero-order valence-electron chi connectivity index (χ0n) is 15.3. The highest BCUT2D eigenvalue weighted by Crippen LogP contribution is 2.38. The summed E-state index contributed by atoms with van der Waals surface area (Å²) < 4.78 is 2.25. The van der Waals surface area contributed by atoms with E-state index in [1.165, 1.54) is 11.6 Å². The molecule has 3 aromatic rings. The molecular formula is C21H21N3O2S. The first kappa shape index (κ1) is 17.7. The summed E-state index contributed by atoms with van der Waals surface area (Å²) in [6.45, 7) is 4.35. The Kier molecular flexibility index (Phi) is 4.66. The second kappa shape index (κ2) is 7.12. The van der Waals surface area contributed by atoms with Crippen LogP contribution in [0.25, 0.3) is 11.3 Å². The number of non-ortho nitro benzene ring substituents is 1. The second-order valence-electron chi connectivity index (χ2n) is 7.14. The van der Waals surface area contributed by atoms with Gasteiger partial charge in [-0.3, -0.25) is 10.1 Å². The van der Waals surface area contributed by atoms with Gasteiger partial charge >= 0.3 is 0 Å². The lowest BCUT2D eigenvalue weighted by molar-refractivity contribution is -0.384. The minimum atomic E-state index is -0.346. The third-order valence-electron chi connectivity index (χ3n) is 4.78. The summed E-state index contributed by atoms with van der Waals surface area (Å²) in [6.07, 6.45) is 2.25. The van der Waals surface area contributed by atoms with E-state index in [0.717, 1.165) is 34.6 Å². The quantitative estimate of drug-likeness (QED) is 0.414. The van der Waals surface area contributed by atoms with Crippen LogP contribution in [-0.2, 0) is 0 Å². The molecule has 0 radical (unpaired) electrons. The number of thiazole rings is 1. The topological polar surface area (TPSA) is 60.4 Å². The molecule has 138 valence electrons. The molecule has 4 rings (SSSR count). The molecule has 0 amide bonds. The Labute approximate surface area is 161 Å². The molecule has 0 atom stereocenters. The zero-order chi connectivity index (χ0) is 19.0. The van der Waals surface area contributed by atoms with Crippen LogP contribution in [0.3, 0.4) is 0 Å². The Hall–Kier alpha value is -2.73. The van der Waals surface area contributed by atoms with Gasteiger partial charge < -0.3 is 4.57 Å². The van der Waals surface area contributed by atoms with Crippen molar-refractivity contribution >= 4 is 22.7 Å². The molecule has 1 aromatic heterocycles. The predicted molar refractivity (Wildman–Crippen MR) is 108 cm³/mol. The average Bonchev–Trinajstić information content (AvgIpc) is 3.42. The maximum atomic E-state index is 11.1. The van der Waals surface area contributed by atoms with Crippen LogP contribution in [0.1, 0.15) is 44.2 Å². The van der Waals surface area contributed by atoms with E-state index in [0.29, 0.717) is 12.0 Å². The summed E-state index contributed by atoms with van der Waals surface area (Å²) in [5, 5.41) is 13.2. The molecule has 1 saturated carbocycles. The first-order valence-corrected chi connectivity index (χ1v) is 10.0. The first-order valence-electron chi connectivity index (χ1n) is 9.13. The van der Waals surface area contributed by atoms with E-state index in [1.807, 2.05) is 18.2 Å². The minimum Gasteiger partial charge on any atom is -0.313 e. The summed E-state index contributed by atoms with van der Waals surface area (Å²) in [4.78, 5) is 16.7. The second-order valence-corrected chi connectivity index (χ2v) is 7.97. The predicted octanol–water partition coefficient (Wildman–Crippen LogP) is 5.82. The van der Waals surface area contributed by atoms with E-state index in [-0.39, 0.29) is 10.6 Å². The van der Waals surface area contributed by atoms with Crippen molar-refractivity contribution in [1.82, 2.24) is 4.57 Å². The van der Waals surface area contributed by atoms with Crippen LogP contribution in [0.15, 0.2) is 58.9 Å². The zero-order valence-corrected chi connectivity index (χ0v) is 16.1. The fraction of sp³-hybridized carbons (Fsp3) is 0.286. The Bertz CT molecular complexity index is 1060. The molecule has 27 heavy (non-hydrogen) atoms. The number of hydrogen-bond donors (Lipinski definition) is 0. The molecule has 0 spiro atoms. The molecule has 0 N–H and O–H groups in total. The van der Waals surface area contributed by atoms with Crippen molar-refractivity contribution in [2.75, 3.05) is 0 Å². The largest absolute Gasteiger partial charge is 0.313 e. The highest BCUT2D eigenvalue weighted by atomic mass is 32.1. The van der Waals surface area contributed by atoms with Crippen LogP contribution >= 0.6 is 11.3 Å². The highest BCUT2D eigenvalue weighted by Gasteiger charge is 2.27. The fourth-order valence-corrected chi connectivity index (χ4v) is 4.24. The van der Waals surface area contributed by atoms with E-state index in [9.17, 15) is 10.1 Å². The van der Waals surface area contributed by atoms with Gasteiger partial charge in [0.15, 0.2) is 4.80 Å². The molecule has 2 aromatic carbocycles. The fourth-order valence-electron chi connectivity index (χ4n) is 3.26. The van der Waals surface area contributed by atoms with Gasteiger partial charge in [-0.25, -0.2) is 4.99 Å². The number of aromatic nitrogens is 1. The van der Waals surface area contributed by atoms with Crippen LogP contribution in [0.4, 0.5) is 11.4 Å². The molecule has 1 fully saturated rings. The van der Waals surface area contributed by atoms with Crippen LogP contribution in [0, 0.1) is 10.1 Å². The number of hydrogen-bond acceptors (Lipinski definition) is 4. The number of nitro benzene ring substituents is 1. The molecule has 5 nitrogen and oxygen atoms in total. The first-order chi connectivity index (χ1) is 13.0. The summed E-state index contributed by atoms with van der Waals surface area (Å²) >= 11 is 1.60. The van der Waals surface area contributed by atoms with Crippen molar-refractivity contribution in [1.29, 1.82) is 0 Å². The van der Waals surface area contributed by atoms with Gasteiger partial charge in [0.2, 0.25) is 0 Å². The van der Waals surface area contributed by atoms with Crippen molar-refractivity contribution in [3.8, 4) is 11.3 Å². The molecule has 1 heterocycles. The Balaban J connectivity index is 1.86.